The molecule has 0 radical (unpaired) electrons. The second-order valence-corrected chi connectivity index (χ2v) is 12.6. The number of carbonyl (C=O) groups is 2. The zero-order chi connectivity index (χ0) is 30.9. The molecule has 1 atom stereocenters. The van der Waals surface area contributed by atoms with E-state index in [1.165, 1.54) is 29.2 Å². The third-order valence-corrected chi connectivity index (χ3v) is 9.23. The molecule has 12 heteroatoms. The van der Waals surface area contributed by atoms with Crippen molar-refractivity contribution in [3.8, 4) is 5.75 Å². The minimum Gasteiger partial charge on any atom is -0.494 e. The molecule has 226 valence electrons. The Hall–Kier alpha value is -2.98. The van der Waals surface area contributed by atoms with Gasteiger partial charge in [-0.3, -0.25) is 13.9 Å². The molecule has 0 bridgehead atoms. The third kappa shape index (κ3) is 8.77. The summed E-state index contributed by atoms with van der Waals surface area (Å²) < 4.78 is 34.3. The second-order valence-electron chi connectivity index (χ2n) is 9.48. The van der Waals surface area contributed by atoms with Gasteiger partial charge < -0.3 is 15.0 Å². The van der Waals surface area contributed by atoms with Crippen molar-refractivity contribution in [2.75, 3.05) is 24.0 Å². The highest BCUT2D eigenvalue weighted by atomic mass is 35.5. The highest BCUT2D eigenvalue weighted by molar-refractivity contribution is 7.92. The number of hydrogen-bond donors (Lipinski definition) is 1. The molecule has 8 nitrogen and oxygen atoms in total. The number of carbonyl (C=O) groups excluding carboxylic acids is 2. The maximum atomic E-state index is 14.0. The van der Waals surface area contributed by atoms with Crippen molar-refractivity contribution in [2.24, 2.45) is 0 Å². The number of hydrogen-bond acceptors (Lipinski definition) is 5. The third-order valence-electron chi connectivity index (χ3n) is 6.45. The van der Waals surface area contributed by atoms with Crippen LogP contribution in [0.4, 0.5) is 5.69 Å². The van der Waals surface area contributed by atoms with Crippen molar-refractivity contribution in [1.82, 2.24) is 10.2 Å². The van der Waals surface area contributed by atoms with Crippen LogP contribution >= 0.6 is 34.8 Å². The van der Waals surface area contributed by atoms with Gasteiger partial charge in [0.2, 0.25) is 11.8 Å². The number of nitrogens with one attached hydrogen (secondary N) is 1. The van der Waals surface area contributed by atoms with Gasteiger partial charge in [-0.1, -0.05) is 54.2 Å². The van der Waals surface area contributed by atoms with E-state index in [2.05, 4.69) is 5.32 Å². The van der Waals surface area contributed by atoms with Gasteiger partial charge in [-0.15, -0.1) is 0 Å². The van der Waals surface area contributed by atoms with Crippen molar-refractivity contribution < 1.29 is 22.7 Å². The normalized spacial score (nSPS) is 12.0. The maximum Gasteiger partial charge on any atom is 0.264 e. The Balaban J connectivity index is 2.02. The fourth-order valence-corrected chi connectivity index (χ4v) is 5.95. The van der Waals surface area contributed by atoms with Crippen LogP contribution in [-0.2, 0) is 26.2 Å². The summed E-state index contributed by atoms with van der Waals surface area (Å²) in [6.45, 7) is 5.76. The van der Waals surface area contributed by atoms with Crippen LogP contribution in [0.25, 0.3) is 0 Å². The number of nitrogens with zero attached hydrogens (tertiary/aromatic N) is 2. The van der Waals surface area contributed by atoms with Gasteiger partial charge in [-0.05, 0) is 86.5 Å². The molecular formula is C30H34Cl3N3O5S. The molecule has 2 amide bonds. The highest BCUT2D eigenvalue weighted by Crippen LogP contribution is 2.28. The van der Waals surface area contributed by atoms with Crippen molar-refractivity contribution in [1.29, 1.82) is 0 Å². The first-order valence-electron chi connectivity index (χ1n) is 13.5. The summed E-state index contributed by atoms with van der Waals surface area (Å²) in [5.74, 6) is -0.397. The predicted octanol–water partition coefficient (Wildman–Crippen LogP) is 6.57. The minimum atomic E-state index is -4.23. The summed E-state index contributed by atoms with van der Waals surface area (Å²) in [5, 5.41) is 3.86. The molecule has 1 unspecified atom stereocenters. The standard InChI is InChI=1S/C30H34Cl3N3O5S/c1-4-6-17-34-30(38)21(3)35(19-22-7-16-27(32)28(33)18-22)29(37)20-36(24-10-12-25(13-11-24)41-5-2)42(39,40)26-14-8-23(31)9-15-26/h7-16,18,21H,4-6,17,19-20H2,1-3H3,(H,34,38). The number of halogens is 3. The Morgan fingerprint density at radius 1 is 0.929 bits per heavy atom. The molecule has 0 saturated heterocycles. The molecule has 3 aromatic rings. The topological polar surface area (TPSA) is 96.0 Å². The molecule has 0 spiro atoms. The van der Waals surface area contributed by atoms with E-state index in [4.69, 9.17) is 39.5 Å². The lowest BCUT2D eigenvalue weighted by atomic mass is 10.1. The Bertz CT molecular complexity index is 1470. The van der Waals surface area contributed by atoms with Gasteiger partial charge in [-0.25, -0.2) is 8.42 Å². The Labute approximate surface area is 262 Å². The summed E-state index contributed by atoms with van der Waals surface area (Å²) in [5.41, 5.74) is 0.871. The largest absolute Gasteiger partial charge is 0.494 e. The van der Waals surface area contributed by atoms with Gasteiger partial charge in [-0.2, -0.15) is 0 Å². The summed E-state index contributed by atoms with van der Waals surface area (Å²) in [6, 6.07) is 16.1. The van der Waals surface area contributed by atoms with Crippen LogP contribution in [0.15, 0.2) is 71.6 Å². The lowest BCUT2D eigenvalue weighted by Crippen LogP contribution is -2.51. The van der Waals surface area contributed by atoms with Crippen LogP contribution in [0.3, 0.4) is 0 Å². The summed E-state index contributed by atoms with van der Waals surface area (Å²) in [6.07, 6.45) is 1.67. The molecule has 0 aromatic heterocycles. The lowest BCUT2D eigenvalue weighted by Gasteiger charge is -2.32. The van der Waals surface area contributed by atoms with E-state index in [0.29, 0.717) is 39.5 Å². The van der Waals surface area contributed by atoms with Gasteiger partial charge in [0, 0.05) is 18.1 Å². The molecule has 0 heterocycles. The molecule has 0 saturated carbocycles. The van der Waals surface area contributed by atoms with E-state index < -0.39 is 28.5 Å². The zero-order valence-corrected chi connectivity index (χ0v) is 26.7. The fraction of sp³-hybridized carbons (Fsp3) is 0.333. The first kappa shape index (κ1) is 33.5. The summed E-state index contributed by atoms with van der Waals surface area (Å²) >= 11 is 18.3. The van der Waals surface area contributed by atoms with E-state index in [0.717, 1.165) is 17.1 Å². The predicted molar refractivity (Wildman–Crippen MR) is 168 cm³/mol. The number of rotatable bonds is 14. The van der Waals surface area contributed by atoms with E-state index in [1.807, 2.05) is 13.8 Å². The molecule has 0 aliphatic carbocycles. The summed E-state index contributed by atoms with van der Waals surface area (Å²) in [4.78, 5) is 28.4. The zero-order valence-electron chi connectivity index (χ0n) is 23.6. The molecule has 0 aliphatic rings. The highest BCUT2D eigenvalue weighted by Gasteiger charge is 2.32. The van der Waals surface area contributed by atoms with Crippen LogP contribution in [0.2, 0.25) is 15.1 Å². The van der Waals surface area contributed by atoms with Crippen LogP contribution in [0.5, 0.6) is 5.75 Å². The van der Waals surface area contributed by atoms with E-state index in [1.54, 1.807) is 49.4 Å². The van der Waals surface area contributed by atoms with Crippen molar-refractivity contribution in [3.63, 3.8) is 0 Å². The van der Waals surface area contributed by atoms with Gasteiger partial charge in [0.05, 0.1) is 27.2 Å². The first-order chi connectivity index (χ1) is 20.0. The number of amides is 2. The molecular weight excluding hydrogens is 621 g/mol. The van der Waals surface area contributed by atoms with E-state index >= 15 is 0 Å². The number of anilines is 1. The van der Waals surface area contributed by atoms with Crippen LogP contribution in [0.1, 0.15) is 39.2 Å². The van der Waals surface area contributed by atoms with Gasteiger partial charge in [0.1, 0.15) is 18.3 Å². The average Bonchev–Trinajstić information content (AvgIpc) is 2.97. The molecule has 42 heavy (non-hydrogen) atoms. The molecule has 1 N–H and O–H groups in total. The van der Waals surface area contributed by atoms with Crippen molar-refractivity contribution in [2.45, 2.75) is 51.1 Å². The fourth-order valence-electron chi connectivity index (χ4n) is 4.09. The van der Waals surface area contributed by atoms with E-state index in [9.17, 15) is 18.0 Å². The SMILES string of the molecule is CCCCNC(=O)C(C)N(Cc1ccc(Cl)c(Cl)c1)C(=O)CN(c1ccc(OCC)cc1)S(=O)(=O)c1ccc(Cl)cc1. The Kier molecular flexibility index (Phi) is 12.4. The number of unbranched alkanes of at least 4 members (excludes halogenated alkanes) is 1. The van der Waals surface area contributed by atoms with Crippen molar-refractivity contribution in [3.05, 3.63) is 87.4 Å². The number of sulfonamides is 1. The minimum absolute atomic E-state index is 0.00377. The monoisotopic (exact) mass is 653 g/mol. The quantitative estimate of drug-likeness (QED) is 0.198. The average molecular weight is 655 g/mol. The van der Waals surface area contributed by atoms with E-state index in [-0.39, 0.29) is 23.0 Å². The van der Waals surface area contributed by atoms with Gasteiger partial charge in [0.25, 0.3) is 10.0 Å². The van der Waals surface area contributed by atoms with Crippen LogP contribution < -0.4 is 14.4 Å². The maximum absolute atomic E-state index is 14.0. The smallest absolute Gasteiger partial charge is 0.264 e. The lowest BCUT2D eigenvalue weighted by molar-refractivity contribution is -0.139. The number of ether oxygens (including phenoxy) is 1. The molecule has 0 aliphatic heterocycles. The second kappa shape index (κ2) is 15.5. The molecule has 3 rings (SSSR count). The number of benzene rings is 3. The Morgan fingerprint density at radius 3 is 2.19 bits per heavy atom. The van der Waals surface area contributed by atoms with Crippen LogP contribution in [0, 0.1) is 0 Å². The first-order valence-corrected chi connectivity index (χ1v) is 16.1. The van der Waals surface area contributed by atoms with Crippen LogP contribution in [-0.4, -0.2) is 50.9 Å². The van der Waals surface area contributed by atoms with Gasteiger partial charge in [0.15, 0.2) is 0 Å². The molecule has 0 fully saturated rings. The summed E-state index contributed by atoms with van der Waals surface area (Å²) in [7, 11) is -4.23. The molecule has 3 aromatic carbocycles. The van der Waals surface area contributed by atoms with Crippen molar-refractivity contribution >= 4 is 62.3 Å². The Morgan fingerprint density at radius 2 is 1.60 bits per heavy atom. The van der Waals surface area contributed by atoms with Gasteiger partial charge >= 0.3 is 0 Å².